The lowest BCUT2D eigenvalue weighted by Crippen LogP contribution is -2.74. The highest BCUT2D eigenvalue weighted by molar-refractivity contribution is 7.20. The van der Waals surface area contributed by atoms with Gasteiger partial charge in [-0.1, -0.05) is 226 Å². The second-order valence-corrected chi connectivity index (χ2v) is 20.1. The summed E-state index contributed by atoms with van der Waals surface area (Å²) in [5.74, 6) is 0. The van der Waals surface area contributed by atoms with Crippen LogP contribution in [0.1, 0.15) is 63.7 Å². The van der Waals surface area contributed by atoms with Crippen LogP contribution in [0.3, 0.4) is 0 Å². The Hall–Kier alpha value is -7.00. The summed E-state index contributed by atoms with van der Waals surface area (Å²) in [6.45, 7) is 4.37. The smallest absolute Gasteiger partial charge is 0.179 e. The molecular formula is C58H43NSi. The van der Waals surface area contributed by atoms with Crippen LogP contribution in [0.2, 0.25) is 0 Å². The number of nitrogens with zero attached hydrogens (tertiary/aromatic N) is 1. The molecule has 60 heavy (non-hydrogen) atoms. The van der Waals surface area contributed by atoms with E-state index >= 15 is 0 Å². The molecule has 0 bridgehead atoms. The van der Waals surface area contributed by atoms with Crippen molar-refractivity contribution < 1.29 is 16.4 Å². The van der Waals surface area contributed by atoms with Crippen LogP contribution in [-0.2, 0) is 10.8 Å². The summed E-state index contributed by atoms with van der Waals surface area (Å²) in [5, 5.41) is 3.92. The first-order valence-corrected chi connectivity index (χ1v) is 22.2. The van der Waals surface area contributed by atoms with Crippen molar-refractivity contribution in [3.05, 3.63) is 258 Å². The van der Waals surface area contributed by atoms with Gasteiger partial charge in [-0.3, -0.25) is 0 Å². The molecule has 12 rings (SSSR count). The van der Waals surface area contributed by atoms with Crippen LogP contribution in [0, 0.1) is 0 Å². The Kier molecular flexibility index (Phi) is 5.37. The second kappa shape index (κ2) is 13.0. The highest BCUT2D eigenvalue weighted by atomic mass is 28.3. The summed E-state index contributed by atoms with van der Waals surface area (Å²) >= 11 is 0. The molecule has 10 aromatic rings. The van der Waals surface area contributed by atoms with Crippen LogP contribution in [0.15, 0.2) is 224 Å². The number of hydrogen-bond acceptors (Lipinski definition) is 0. The fourth-order valence-electron chi connectivity index (χ4n) is 10.7. The summed E-state index contributed by atoms with van der Waals surface area (Å²) in [6.07, 6.45) is 0. The summed E-state index contributed by atoms with van der Waals surface area (Å²) < 4.78 is 112. The monoisotopic (exact) mass is 793 g/mol. The zero-order chi connectivity index (χ0) is 50.5. The van der Waals surface area contributed by atoms with Crippen molar-refractivity contribution in [2.75, 3.05) is 0 Å². The van der Waals surface area contributed by atoms with E-state index in [-0.39, 0.29) is 64.1 Å². The Morgan fingerprint density at radius 1 is 0.417 bits per heavy atom. The van der Waals surface area contributed by atoms with Crippen LogP contribution in [0.5, 0.6) is 0 Å². The van der Waals surface area contributed by atoms with E-state index in [4.69, 9.17) is 9.60 Å². The maximum Gasteiger partial charge on any atom is 0.179 e. The third-order valence-corrected chi connectivity index (χ3v) is 17.9. The average Bonchev–Trinajstić information content (AvgIpc) is 3.77. The van der Waals surface area contributed by atoms with Gasteiger partial charge in [-0.05, 0) is 77.4 Å². The normalized spacial score (nSPS) is 17.2. The van der Waals surface area contributed by atoms with E-state index in [0.29, 0.717) is 22.3 Å². The van der Waals surface area contributed by atoms with Crippen molar-refractivity contribution in [2.45, 2.75) is 24.7 Å². The molecule has 0 fully saturated rings. The lowest BCUT2D eigenvalue weighted by atomic mass is 9.53. The van der Waals surface area contributed by atoms with E-state index < -0.39 is 49.1 Å². The Morgan fingerprint density at radius 2 is 0.983 bits per heavy atom. The van der Waals surface area contributed by atoms with E-state index in [1.807, 2.05) is 83.4 Å². The summed E-state index contributed by atoms with van der Waals surface area (Å²) in [5.41, 5.74) is 4.69. The molecule has 2 heterocycles. The largest absolute Gasteiger partial charge is 0.309 e. The first-order chi connectivity index (χ1) is 34.5. The van der Waals surface area contributed by atoms with Gasteiger partial charge in [-0.25, -0.2) is 0 Å². The predicted molar refractivity (Wildman–Crippen MR) is 254 cm³/mol. The SMILES string of the molecule is [2H]c1c([2H])c([2H])c(-c2cccc([Si](c3ccccc3)(c3ccccc3)c3ccc4c(c3)-n3c5c([2H])c([2H])c([2H])c([2H])c5c5c([2H])c([2H])c([2H])c(c53)C43c4ccccc4C(C)(C)c4ccccc43)c2)c([2H])c1[2H]. The summed E-state index contributed by atoms with van der Waals surface area (Å²) in [4.78, 5) is 0. The second-order valence-electron chi connectivity index (χ2n) is 16.3. The van der Waals surface area contributed by atoms with Gasteiger partial charge in [0, 0.05) is 16.2 Å². The van der Waals surface area contributed by atoms with Crippen LogP contribution < -0.4 is 20.7 Å². The number of benzene rings is 9. The third-order valence-electron chi connectivity index (χ3n) is 13.2. The third kappa shape index (κ3) is 4.57. The van der Waals surface area contributed by atoms with E-state index in [9.17, 15) is 6.85 Å². The molecule has 0 saturated heterocycles. The van der Waals surface area contributed by atoms with Gasteiger partial charge in [0.1, 0.15) is 0 Å². The molecule has 1 spiro atoms. The van der Waals surface area contributed by atoms with Gasteiger partial charge in [-0.15, -0.1) is 0 Å². The van der Waals surface area contributed by atoms with Crippen LogP contribution in [0.4, 0.5) is 0 Å². The van der Waals surface area contributed by atoms with Crippen molar-refractivity contribution in [2.24, 2.45) is 0 Å². The minimum absolute atomic E-state index is 0.0786. The molecule has 1 aliphatic heterocycles. The number of hydrogen-bond donors (Lipinski definition) is 0. The Morgan fingerprint density at radius 3 is 1.67 bits per heavy atom. The highest BCUT2D eigenvalue weighted by Crippen LogP contribution is 2.60. The van der Waals surface area contributed by atoms with Gasteiger partial charge >= 0.3 is 0 Å². The first kappa shape index (κ1) is 24.8. The highest BCUT2D eigenvalue weighted by Gasteiger charge is 2.53. The maximum atomic E-state index is 10.1. The fourth-order valence-corrected chi connectivity index (χ4v) is 15.5. The molecule has 1 aliphatic carbocycles. The van der Waals surface area contributed by atoms with Gasteiger partial charge in [0.05, 0.1) is 38.6 Å². The lowest BCUT2D eigenvalue weighted by Gasteiger charge is -2.50. The molecule has 0 N–H and O–H groups in total. The van der Waals surface area contributed by atoms with E-state index in [1.165, 1.54) is 0 Å². The Labute approximate surface area is 369 Å². The summed E-state index contributed by atoms with van der Waals surface area (Å²) in [6, 6.07) is 46.2. The summed E-state index contributed by atoms with van der Waals surface area (Å²) in [7, 11) is -3.64. The molecule has 0 amide bonds. The van der Waals surface area contributed by atoms with Gasteiger partial charge < -0.3 is 4.57 Å². The molecule has 0 radical (unpaired) electrons. The van der Waals surface area contributed by atoms with Crippen molar-refractivity contribution in [1.82, 2.24) is 4.57 Å². The van der Waals surface area contributed by atoms with Crippen LogP contribution in [-0.4, -0.2) is 12.6 Å². The molecule has 1 nitrogen and oxygen atoms in total. The topological polar surface area (TPSA) is 4.93 Å². The van der Waals surface area contributed by atoms with Crippen molar-refractivity contribution in [3.8, 4) is 16.8 Å². The van der Waals surface area contributed by atoms with Gasteiger partial charge in [0.25, 0.3) is 0 Å². The van der Waals surface area contributed by atoms with Crippen LogP contribution >= 0.6 is 0 Å². The molecule has 9 aromatic carbocycles. The number of aromatic nitrogens is 1. The van der Waals surface area contributed by atoms with Gasteiger partial charge in [0.15, 0.2) is 8.07 Å². The standard InChI is InChI=1S/C58H43NSi/c1-57(2)48-30-13-15-32-50(48)58(51-33-16-14-31-49(51)57)52-37-36-45(39-55(52)59-54-35-17-12-28-46(54)47-29-19-34-53(58)56(47)59)60(42-23-8-4-9-24-42,43-25-10-5-11-26-43)44-27-18-22-41(38-44)40-20-6-3-7-21-40/h3-39H,1-2H3/i3D,6D,7D,12D,17D,19D,20D,21D,28D,29D,34D,35D. The zero-order valence-electron chi connectivity index (χ0n) is 44.9. The van der Waals surface area contributed by atoms with E-state index in [2.05, 4.69) is 80.6 Å². The molecule has 1 aromatic heterocycles. The first-order valence-electron chi connectivity index (χ1n) is 26.2. The Balaban J connectivity index is 1.32. The number of para-hydroxylation sites is 2. The predicted octanol–water partition coefficient (Wildman–Crippen LogP) is 11.2. The van der Waals surface area contributed by atoms with Crippen molar-refractivity contribution in [1.29, 1.82) is 0 Å². The molecule has 0 saturated carbocycles. The quantitative estimate of drug-likeness (QED) is 0.121. The Bertz CT molecular complexity index is 3880. The van der Waals surface area contributed by atoms with Gasteiger partial charge in [-0.2, -0.15) is 0 Å². The molecule has 2 heteroatoms. The molecular weight excluding hydrogens is 739 g/mol. The molecule has 284 valence electrons. The van der Waals surface area contributed by atoms with Crippen molar-refractivity contribution >= 4 is 50.6 Å². The minimum atomic E-state index is -3.64. The minimum Gasteiger partial charge on any atom is -0.309 e. The van der Waals surface area contributed by atoms with Crippen molar-refractivity contribution in [3.63, 3.8) is 0 Å². The average molecular weight is 794 g/mol. The maximum absolute atomic E-state index is 10.1. The van der Waals surface area contributed by atoms with E-state index in [0.717, 1.165) is 48.6 Å². The zero-order valence-corrected chi connectivity index (χ0v) is 33.9. The lowest BCUT2D eigenvalue weighted by molar-refractivity contribution is 0.556. The van der Waals surface area contributed by atoms with E-state index in [1.54, 1.807) is 6.07 Å². The fraction of sp³-hybridized carbons (Fsp3) is 0.0690. The van der Waals surface area contributed by atoms with Crippen LogP contribution in [0.25, 0.3) is 38.6 Å². The molecule has 0 atom stereocenters. The molecule has 0 unspecified atom stereocenters. The van der Waals surface area contributed by atoms with Gasteiger partial charge in [0.2, 0.25) is 0 Å². The number of rotatable bonds is 5. The number of fused-ring (bicyclic) bond motifs is 11. The molecule has 2 aliphatic rings.